The quantitative estimate of drug-likeness (QED) is 0.508. The van der Waals surface area contributed by atoms with Gasteiger partial charge in [0.2, 0.25) is 0 Å². The van der Waals surface area contributed by atoms with Gasteiger partial charge in [0.25, 0.3) is 5.91 Å². The molecule has 0 fully saturated rings. The summed E-state index contributed by atoms with van der Waals surface area (Å²) in [4.78, 5) is 23.5. The maximum Gasteiger partial charge on any atom is 0.269 e. The minimum absolute atomic E-state index is 0.266. The molecule has 4 rings (SSSR count). The monoisotopic (exact) mass is 410 g/mol. The summed E-state index contributed by atoms with van der Waals surface area (Å²) in [7, 11) is 1.54. The molecule has 0 radical (unpaired) electrons. The van der Waals surface area contributed by atoms with Gasteiger partial charge in [-0.05, 0) is 42.0 Å². The zero-order chi connectivity index (χ0) is 20.4. The summed E-state index contributed by atoms with van der Waals surface area (Å²) < 4.78 is 19.3. The number of pyridine rings is 1. The molecule has 0 atom stereocenters. The molecule has 0 saturated heterocycles. The third-order valence-electron chi connectivity index (χ3n) is 4.29. The second kappa shape index (κ2) is 7.89. The smallest absolute Gasteiger partial charge is 0.269 e. The fourth-order valence-corrected chi connectivity index (χ4v) is 3.10. The van der Waals surface area contributed by atoms with Crippen LogP contribution in [0.3, 0.4) is 0 Å². The molecule has 29 heavy (non-hydrogen) atoms. The molecule has 2 heterocycles. The van der Waals surface area contributed by atoms with E-state index in [2.05, 4.69) is 20.3 Å². The molecular weight excluding hydrogens is 395 g/mol. The highest BCUT2D eigenvalue weighted by atomic mass is 35.5. The summed E-state index contributed by atoms with van der Waals surface area (Å²) in [5, 5.41) is 3.01. The van der Waals surface area contributed by atoms with Crippen LogP contribution in [0.15, 0.2) is 54.7 Å². The molecule has 6 nitrogen and oxygen atoms in total. The Bertz CT molecular complexity index is 1210. The number of nitrogens with one attached hydrogen (secondary N) is 2. The number of fused-ring (bicyclic) bond motifs is 1. The summed E-state index contributed by atoms with van der Waals surface area (Å²) in [6.45, 7) is 0. The normalized spacial score (nSPS) is 10.9. The Morgan fingerprint density at radius 1 is 1.17 bits per heavy atom. The second-order valence-electron chi connectivity index (χ2n) is 6.33. The van der Waals surface area contributed by atoms with Crippen LogP contribution in [0, 0.1) is 5.82 Å². The first kappa shape index (κ1) is 18.9. The van der Waals surface area contributed by atoms with E-state index >= 15 is 0 Å². The van der Waals surface area contributed by atoms with Gasteiger partial charge in [0, 0.05) is 36.8 Å². The lowest BCUT2D eigenvalue weighted by Gasteiger charge is -2.06. The Labute approximate surface area is 170 Å². The number of benzene rings is 2. The van der Waals surface area contributed by atoms with Crippen molar-refractivity contribution in [3.63, 3.8) is 0 Å². The fraction of sp³-hybridized carbons (Fsp3) is 0.0952. The third kappa shape index (κ3) is 4.20. The van der Waals surface area contributed by atoms with Crippen molar-refractivity contribution in [3.05, 3.63) is 82.6 Å². The number of hydrogen-bond acceptors (Lipinski definition) is 4. The zero-order valence-corrected chi connectivity index (χ0v) is 16.1. The van der Waals surface area contributed by atoms with Crippen LogP contribution in [0.25, 0.3) is 11.0 Å². The molecule has 0 bridgehead atoms. The van der Waals surface area contributed by atoms with Crippen LogP contribution in [-0.4, -0.2) is 27.9 Å². The lowest BCUT2D eigenvalue weighted by atomic mass is 10.1. The Kier molecular flexibility index (Phi) is 5.14. The molecule has 0 aliphatic carbocycles. The SMILES string of the molecule is CNC(=O)c1cc(Oc2ccc3nc(Cc4cc(F)ccc4Cl)[nH]c3c2)ccn1. The lowest BCUT2D eigenvalue weighted by molar-refractivity contribution is 0.0958. The van der Waals surface area contributed by atoms with Gasteiger partial charge in [0.1, 0.15) is 28.8 Å². The van der Waals surface area contributed by atoms with Gasteiger partial charge in [-0.15, -0.1) is 0 Å². The van der Waals surface area contributed by atoms with E-state index in [9.17, 15) is 9.18 Å². The average molecular weight is 411 g/mol. The molecule has 2 aromatic carbocycles. The highest BCUT2D eigenvalue weighted by Gasteiger charge is 2.10. The summed E-state index contributed by atoms with van der Waals surface area (Å²) in [5.41, 5.74) is 2.44. The van der Waals surface area contributed by atoms with Crippen LogP contribution >= 0.6 is 11.6 Å². The van der Waals surface area contributed by atoms with E-state index in [1.165, 1.54) is 31.4 Å². The predicted molar refractivity (Wildman–Crippen MR) is 108 cm³/mol. The summed E-state index contributed by atoms with van der Waals surface area (Å²) >= 11 is 6.14. The number of carbonyl (C=O) groups is 1. The first-order valence-corrected chi connectivity index (χ1v) is 9.18. The average Bonchev–Trinajstić information content (AvgIpc) is 3.12. The van der Waals surface area contributed by atoms with E-state index in [-0.39, 0.29) is 17.4 Å². The minimum atomic E-state index is -0.343. The van der Waals surface area contributed by atoms with Gasteiger partial charge in [-0.1, -0.05) is 11.6 Å². The van der Waals surface area contributed by atoms with Crippen molar-refractivity contribution in [3.8, 4) is 11.5 Å². The maximum atomic E-state index is 13.5. The predicted octanol–water partition coefficient (Wildman–Crippen LogP) is 4.49. The molecular formula is C21H16ClFN4O2. The molecule has 0 spiro atoms. The Hall–Kier alpha value is -3.45. The van der Waals surface area contributed by atoms with Gasteiger partial charge in [-0.2, -0.15) is 0 Å². The number of H-pyrrole nitrogens is 1. The third-order valence-corrected chi connectivity index (χ3v) is 4.66. The van der Waals surface area contributed by atoms with E-state index < -0.39 is 0 Å². The fourth-order valence-electron chi connectivity index (χ4n) is 2.91. The van der Waals surface area contributed by atoms with E-state index in [0.29, 0.717) is 34.3 Å². The molecule has 0 unspecified atom stereocenters. The molecule has 146 valence electrons. The van der Waals surface area contributed by atoms with Gasteiger partial charge in [0.05, 0.1) is 11.0 Å². The van der Waals surface area contributed by atoms with Crippen molar-refractivity contribution in [2.24, 2.45) is 0 Å². The highest BCUT2D eigenvalue weighted by molar-refractivity contribution is 6.31. The number of hydrogen-bond donors (Lipinski definition) is 2. The number of rotatable bonds is 5. The van der Waals surface area contributed by atoms with Crippen LogP contribution in [0.4, 0.5) is 4.39 Å². The van der Waals surface area contributed by atoms with Crippen LogP contribution < -0.4 is 10.1 Å². The highest BCUT2D eigenvalue weighted by Crippen LogP contribution is 2.26. The number of amides is 1. The molecule has 4 aromatic rings. The summed E-state index contributed by atoms with van der Waals surface area (Å²) in [5.74, 6) is 1.09. The number of aromatic nitrogens is 3. The van der Waals surface area contributed by atoms with Gasteiger partial charge in [0.15, 0.2) is 0 Å². The number of ether oxygens (including phenoxy) is 1. The number of imidazole rings is 1. The Morgan fingerprint density at radius 2 is 2.00 bits per heavy atom. The van der Waals surface area contributed by atoms with Crippen molar-refractivity contribution in [2.45, 2.75) is 6.42 Å². The number of nitrogens with zero attached hydrogens (tertiary/aromatic N) is 2. The first-order chi connectivity index (χ1) is 14.0. The van der Waals surface area contributed by atoms with E-state index in [1.54, 1.807) is 24.3 Å². The second-order valence-corrected chi connectivity index (χ2v) is 6.74. The minimum Gasteiger partial charge on any atom is -0.457 e. The lowest BCUT2D eigenvalue weighted by Crippen LogP contribution is -2.18. The maximum absolute atomic E-state index is 13.5. The Morgan fingerprint density at radius 3 is 2.83 bits per heavy atom. The van der Waals surface area contributed by atoms with Gasteiger partial charge in [-0.25, -0.2) is 9.37 Å². The van der Waals surface area contributed by atoms with E-state index in [1.807, 2.05) is 6.07 Å². The summed E-state index contributed by atoms with van der Waals surface area (Å²) in [6.07, 6.45) is 1.89. The number of aromatic amines is 1. The van der Waals surface area contributed by atoms with Crippen LogP contribution in [0.5, 0.6) is 11.5 Å². The van der Waals surface area contributed by atoms with Crippen molar-refractivity contribution >= 4 is 28.5 Å². The van der Waals surface area contributed by atoms with Crippen molar-refractivity contribution in [2.75, 3.05) is 7.05 Å². The largest absolute Gasteiger partial charge is 0.457 e. The van der Waals surface area contributed by atoms with Gasteiger partial charge < -0.3 is 15.0 Å². The van der Waals surface area contributed by atoms with Crippen LogP contribution in [0.2, 0.25) is 5.02 Å². The van der Waals surface area contributed by atoms with Crippen LogP contribution in [0.1, 0.15) is 21.9 Å². The summed E-state index contributed by atoms with van der Waals surface area (Å²) in [6, 6.07) is 12.9. The van der Waals surface area contributed by atoms with Crippen molar-refractivity contribution in [1.82, 2.24) is 20.3 Å². The molecule has 1 amide bonds. The van der Waals surface area contributed by atoms with Gasteiger partial charge in [-0.3, -0.25) is 9.78 Å². The molecule has 0 aliphatic rings. The topological polar surface area (TPSA) is 79.9 Å². The van der Waals surface area contributed by atoms with Crippen molar-refractivity contribution < 1.29 is 13.9 Å². The number of carbonyl (C=O) groups excluding carboxylic acids is 1. The Balaban J connectivity index is 1.57. The van der Waals surface area contributed by atoms with Gasteiger partial charge >= 0.3 is 0 Å². The standard InChI is InChI=1S/C21H16ClFN4O2/c1-24-21(28)19-11-15(6-7-25-19)29-14-3-5-17-18(10-14)27-20(26-17)9-12-8-13(23)2-4-16(12)22/h2-8,10-11H,9H2,1H3,(H,24,28)(H,26,27). The molecule has 0 aliphatic heterocycles. The molecule has 0 saturated carbocycles. The van der Waals surface area contributed by atoms with E-state index in [4.69, 9.17) is 16.3 Å². The van der Waals surface area contributed by atoms with Crippen LogP contribution in [-0.2, 0) is 6.42 Å². The number of halogens is 2. The molecule has 2 aromatic heterocycles. The van der Waals surface area contributed by atoms with E-state index in [0.717, 1.165) is 11.0 Å². The first-order valence-electron chi connectivity index (χ1n) is 8.80. The zero-order valence-electron chi connectivity index (χ0n) is 15.4. The molecule has 8 heteroatoms. The molecule has 2 N–H and O–H groups in total. The van der Waals surface area contributed by atoms with Crippen molar-refractivity contribution in [1.29, 1.82) is 0 Å².